The minimum atomic E-state index is -4.40. The number of thiophene rings is 1. The number of carbonyl (C=O) groups is 2. The number of hydrogen-bond acceptors (Lipinski definition) is 4. The van der Waals surface area contributed by atoms with Crippen LogP contribution in [0.3, 0.4) is 0 Å². The number of carboxylic acids is 1. The number of alkyl halides is 3. The van der Waals surface area contributed by atoms with Crippen LogP contribution in [-0.2, 0) is 17.4 Å². The van der Waals surface area contributed by atoms with Gasteiger partial charge >= 0.3 is 12.1 Å². The minimum Gasteiger partial charge on any atom is -0.478 e. The summed E-state index contributed by atoms with van der Waals surface area (Å²) in [6, 6.07) is 13.0. The van der Waals surface area contributed by atoms with Crippen LogP contribution < -0.4 is 4.74 Å². The number of carbonyl (C=O) groups excluding carboxylic acids is 1. The van der Waals surface area contributed by atoms with E-state index in [0.29, 0.717) is 32.5 Å². The third-order valence-corrected chi connectivity index (χ3v) is 7.02. The third-order valence-electron chi connectivity index (χ3n) is 5.49. The quantitative estimate of drug-likeness (QED) is 0.302. The van der Waals surface area contributed by atoms with Crippen molar-refractivity contribution in [1.82, 2.24) is 0 Å². The molecule has 0 fully saturated rings. The first kappa shape index (κ1) is 25.8. The molecule has 3 rings (SSSR count). The number of hydrogen-bond donors (Lipinski definition) is 1. The van der Waals surface area contributed by atoms with Crippen molar-refractivity contribution in [3.05, 3.63) is 75.6 Å². The number of Topliss-reactive ketones (excluding diaryl/α,β-unsaturated/α-hetero) is 1. The highest BCUT2D eigenvalue weighted by Crippen LogP contribution is 2.34. The largest absolute Gasteiger partial charge is 0.478 e. The zero-order chi connectivity index (χ0) is 25.1. The molecule has 0 aliphatic carbocycles. The Kier molecular flexibility index (Phi) is 7.73. The molecule has 0 spiro atoms. The smallest absolute Gasteiger partial charge is 0.416 e. The number of benzene rings is 2. The van der Waals surface area contributed by atoms with Crippen molar-refractivity contribution in [2.24, 2.45) is 0 Å². The van der Waals surface area contributed by atoms with Gasteiger partial charge in [0, 0.05) is 16.3 Å². The Labute approximate surface area is 204 Å². The third kappa shape index (κ3) is 5.98. The molecule has 1 aromatic heterocycles. The second-order valence-corrected chi connectivity index (χ2v) is 9.40. The number of carboxylic acid groups (broad SMARTS) is 1. The van der Waals surface area contributed by atoms with E-state index < -0.39 is 23.3 Å². The second kappa shape index (κ2) is 10.2. The van der Waals surface area contributed by atoms with Gasteiger partial charge in [0.05, 0.1) is 10.4 Å². The Balaban J connectivity index is 1.64. The first-order valence-corrected chi connectivity index (χ1v) is 11.6. The summed E-state index contributed by atoms with van der Waals surface area (Å²) >= 11 is 7.54. The molecule has 2 aromatic carbocycles. The Morgan fingerprint density at radius 2 is 1.74 bits per heavy atom. The maximum atomic E-state index is 12.7. The Hall–Kier alpha value is -2.84. The van der Waals surface area contributed by atoms with E-state index in [9.17, 15) is 27.9 Å². The van der Waals surface area contributed by atoms with E-state index in [4.69, 9.17) is 16.3 Å². The Morgan fingerprint density at radius 1 is 1.06 bits per heavy atom. The van der Waals surface area contributed by atoms with Crippen molar-refractivity contribution in [1.29, 1.82) is 0 Å². The van der Waals surface area contributed by atoms with Crippen molar-refractivity contribution in [3.8, 4) is 16.2 Å². The number of aliphatic carboxylic acids is 1. The first-order chi connectivity index (χ1) is 15.9. The van der Waals surface area contributed by atoms with Crippen molar-refractivity contribution in [3.63, 3.8) is 0 Å². The molecule has 0 amide bonds. The molecule has 1 unspecified atom stereocenters. The SMILES string of the molecule is CCC(C)(Oc1ccc(CCC(=O)c2ccc(-c3ccc(C(F)(F)F)cc3)s2)c(Cl)c1)C(=O)O. The second-order valence-electron chi connectivity index (χ2n) is 7.91. The van der Waals surface area contributed by atoms with E-state index in [1.54, 1.807) is 31.2 Å². The van der Waals surface area contributed by atoms with Gasteiger partial charge in [0.1, 0.15) is 5.75 Å². The molecule has 0 radical (unpaired) electrons. The van der Waals surface area contributed by atoms with Gasteiger partial charge in [0.25, 0.3) is 0 Å². The van der Waals surface area contributed by atoms with Crippen molar-refractivity contribution in [2.75, 3.05) is 0 Å². The van der Waals surface area contributed by atoms with E-state index in [2.05, 4.69) is 0 Å². The summed E-state index contributed by atoms with van der Waals surface area (Å²) in [4.78, 5) is 25.3. The first-order valence-electron chi connectivity index (χ1n) is 10.4. The van der Waals surface area contributed by atoms with Crippen LogP contribution in [0.4, 0.5) is 13.2 Å². The molecule has 1 N–H and O–H groups in total. The van der Waals surface area contributed by atoms with Crippen molar-refractivity contribution >= 4 is 34.7 Å². The van der Waals surface area contributed by atoms with Crippen LogP contribution in [0.5, 0.6) is 5.75 Å². The van der Waals surface area contributed by atoms with Gasteiger partial charge in [-0.15, -0.1) is 11.3 Å². The predicted octanol–water partition coefficient (Wildman–Crippen LogP) is 7.53. The number of halogens is 4. The standard InChI is InChI=1S/C25H22ClF3O4S/c1-3-24(2,23(31)32)33-18-10-6-15(19(26)14-18)7-11-20(30)22-13-12-21(34-22)16-4-8-17(9-5-16)25(27,28)29/h4-6,8-10,12-14H,3,7,11H2,1-2H3,(H,31,32). The van der Waals surface area contributed by atoms with E-state index in [1.165, 1.54) is 36.5 Å². The zero-order valence-corrected chi connectivity index (χ0v) is 20.0. The molecule has 0 saturated heterocycles. The number of rotatable bonds is 9. The summed E-state index contributed by atoms with van der Waals surface area (Å²) in [5.41, 5.74) is -0.767. The van der Waals surface area contributed by atoms with Crippen LogP contribution in [0, 0.1) is 0 Å². The Bertz CT molecular complexity index is 1190. The lowest BCUT2D eigenvalue weighted by atomic mass is 10.0. The Morgan fingerprint density at radius 3 is 2.29 bits per heavy atom. The fraction of sp³-hybridized carbons (Fsp3) is 0.280. The van der Waals surface area contributed by atoms with E-state index in [0.717, 1.165) is 17.7 Å². The molecule has 4 nitrogen and oxygen atoms in total. The molecule has 34 heavy (non-hydrogen) atoms. The lowest BCUT2D eigenvalue weighted by molar-refractivity contribution is -0.154. The van der Waals surface area contributed by atoms with Gasteiger partial charge in [-0.1, -0.05) is 36.7 Å². The topological polar surface area (TPSA) is 63.6 Å². The summed E-state index contributed by atoms with van der Waals surface area (Å²) in [6.45, 7) is 3.19. The normalized spacial score (nSPS) is 13.4. The molecule has 0 bridgehead atoms. The molecule has 9 heteroatoms. The lowest BCUT2D eigenvalue weighted by Crippen LogP contribution is -2.40. The molecule has 0 saturated carbocycles. The monoisotopic (exact) mass is 510 g/mol. The molecular weight excluding hydrogens is 489 g/mol. The number of ether oxygens (including phenoxy) is 1. The zero-order valence-electron chi connectivity index (χ0n) is 18.4. The maximum absolute atomic E-state index is 12.7. The van der Waals surface area contributed by atoms with E-state index >= 15 is 0 Å². The summed E-state index contributed by atoms with van der Waals surface area (Å²) in [7, 11) is 0. The van der Waals surface area contributed by atoms with E-state index in [-0.39, 0.29) is 18.6 Å². The molecule has 1 heterocycles. The summed E-state index contributed by atoms with van der Waals surface area (Å²) in [5.74, 6) is -0.859. The number of ketones is 1. The van der Waals surface area contributed by atoms with Gasteiger partial charge < -0.3 is 9.84 Å². The van der Waals surface area contributed by atoms with Gasteiger partial charge in [-0.2, -0.15) is 13.2 Å². The van der Waals surface area contributed by atoms with Crippen LogP contribution in [0.2, 0.25) is 5.02 Å². The van der Waals surface area contributed by atoms with Gasteiger partial charge in [-0.3, -0.25) is 4.79 Å². The highest BCUT2D eigenvalue weighted by Gasteiger charge is 2.33. The summed E-state index contributed by atoms with van der Waals surface area (Å²) < 4.78 is 43.8. The summed E-state index contributed by atoms with van der Waals surface area (Å²) in [5, 5.41) is 9.72. The number of aryl methyl sites for hydroxylation is 1. The van der Waals surface area contributed by atoms with Crippen LogP contribution in [0.15, 0.2) is 54.6 Å². The van der Waals surface area contributed by atoms with Gasteiger partial charge in [0.2, 0.25) is 5.60 Å². The van der Waals surface area contributed by atoms with Crippen LogP contribution in [0.25, 0.3) is 10.4 Å². The molecule has 0 aliphatic heterocycles. The van der Waals surface area contributed by atoms with Gasteiger partial charge in [-0.25, -0.2) is 4.79 Å². The highest BCUT2D eigenvalue weighted by molar-refractivity contribution is 7.17. The fourth-order valence-electron chi connectivity index (χ4n) is 3.16. The molecule has 0 aliphatic rings. The van der Waals surface area contributed by atoms with Crippen LogP contribution >= 0.6 is 22.9 Å². The lowest BCUT2D eigenvalue weighted by Gasteiger charge is -2.25. The average Bonchev–Trinajstić information content (AvgIpc) is 3.28. The van der Waals surface area contributed by atoms with Crippen LogP contribution in [-0.4, -0.2) is 22.5 Å². The van der Waals surface area contributed by atoms with Crippen LogP contribution in [0.1, 0.15) is 47.5 Å². The highest BCUT2D eigenvalue weighted by atomic mass is 35.5. The molecule has 1 atom stereocenters. The summed E-state index contributed by atoms with van der Waals surface area (Å²) in [6.07, 6.45) is -3.57. The molecule has 180 valence electrons. The minimum absolute atomic E-state index is 0.107. The maximum Gasteiger partial charge on any atom is 0.416 e. The fourth-order valence-corrected chi connectivity index (χ4v) is 4.40. The van der Waals surface area contributed by atoms with Gasteiger partial charge in [-0.05, 0) is 67.3 Å². The average molecular weight is 511 g/mol. The van der Waals surface area contributed by atoms with Crippen molar-refractivity contribution in [2.45, 2.75) is 44.9 Å². The van der Waals surface area contributed by atoms with Crippen molar-refractivity contribution < 1.29 is 32.6 Å². The molecule has 3 aromatic rings. The molecular formula is C25H22ClF3O4S. The predicted molar refractivity (Wildman–Crippen MR) is 126 cm³/mol. The van der Waals surface area contributed by atoms with E-state index in [1.807, 2.05) is 0 Å². The van der Waals surface area contributed by atoms with Gasteiger partial charge in [0.15, 0.2) is 5.78 Å².